The van der Waals surface area contributed by atoms with Crippen LogP contribution in [0.4, 0.5) is 11.4 Å². The summed E-state index contributed by atoms with van der Waals surface area (Å²) in [6.45, 7) is 17.1. The van der Waals surface area contributed by atoms with Gasteiger partial charge in [0.2, 0.25) is 11.8 Å². The van der Waals surface area contributed by atoms with Crippen LogP contribution in [-0.2, 0) is 28.7 Å². The van der Waals surface area contributed by atoms with Crippen molar-refractivity contribution in [2.75, 3.05) is 42.6 Å². The van der Waals surface area contributed by atoms with E-state index in [1.165, 1.54) is 4.90 Å². The van der Waals surface area contributed by atoms with Crippen LogP contribution in [0.5, 0.6) is 0 Å². The van der Waals surface area contributed by atoms with Crippen LogP contribution in [-0.4, -0.2) is 95.2 Å². The zero-order chi connectivity index (χ0) is 39.2. The number of carbonyl (C=O) groups is 4. The molecule has 1 unspecified atom stereocenters. The molecule has 292 valence electrons. The number of alkyl halides is 1. The number of rotatable bonds is 19. The molecule has 3 aliphatic rings. The normalized spacial score (nSPS) is 25.7. The molecule has 2 bridgehead atoms. The molecule has 3 saturated heterocycles. The van der Waals surface area contributed by atoms with Crippen LogP contribution in [0.1, 0.15) is 65.0 Å². The first-order valence-corrected chi connectivity index (χ1v) is 20.1. The predicted octanol–water partition coefficient (Wildman–Crippen LogP) is 5.57. The molecule has 3 fully saturated rings. The number of anilines is 2. The second kappa shape index (κ2) is 18.1. The molecule has 0 aliphatic carbocycles. The van der Waals surface area contributed by atoms with Crippen molar-refractivity contribution in [2.24, 2.45) is 17.8 Å². The third kappa shape index (κ3) is 7.88. The summed E-state index contributed by atoms with van der Waals surface area (Å²) in [6, 6.07) is 14.4. The molecule has 0 aromatic heterocycles. The van der Waals surface area contributed by atoms with Crippen LogP contribution in [0.3, 0.4) is 0 Å². The van der Waals surface area contributed by atoms with E-state index in [0.717, 1.165) is 24.3 Å². The SMILES string of the molecule is C=CCCC(=O)OC[C@@H](NC(=O)[C@H]1[C@@H]2O[C@@]3(CC2Br)[C@@H]1C(=O)N([C@@H](CO)[C@@H](C)CC)[C@@H]3C(=O)N(CC=C)c1ccc(N(CC)CC)cc1)c1ccccc1. The quantitative estimate of drug-likeness (QED) is 0.107. The Balaban J connectivity index is 1.53. The van der Waals surface area contributed by atoms with Crippen LogP contribution in [0.2, 0.25) is 0 Å². The molecule has 1 spiro atoms. The molecule has 3 heterocycles. The van der Waals surface area contributed by atoms with Gasteiger partial charge in [0.05, 0.1) is 36.6 Å². The number of hydrogen-bond donors (Lipinski definition) is 2. The lowest BCUT2D eigenvalue weighted by molar-refractivity contribution is -0.147. The average Bonchev–Trinajstić information content (AvgIpc) is 3.78. The van der Waals surface area contributed by atoms with E-state index in [1.54, 1.807) is 17.1 Å². The number of halogens is 1. The predicted molar refractivity (Wildman–Crippen MR) is 213 cm³/mol. The molecule has 0 saturated carbocycles. The van der Waals surface area contributed by atoms with Gasteiger partial charge in [-0.3, -0.25) is 19.2 Å². The van der Waals surface area contributed by atoms with Gasteiger partial charge in [0.15, 0.2) is 0 Å². The van der Waals surface area contributed by atoms with E-state index in [1.807, 2.05) is 68.4 Å². The standard InChI is InChI=1S/C42H55BrN4O7/c1-7-12-18-34(49)53-26-32(28-16-14-13-15-17-28)44-39(50)35-36-40(51)47(33(25-48)27(6)9-3)38(42(36)24-31(43)37(35)54-42)41(52)46(23-8-2)30-21-19-29(20-22-30)45(10-4)11-5/h7-8,13-17,19-22,27,31-33,35-38,48H,1-2,9-12,18,23-26H2,3-6H3,(H,44,50)/t27-,31?,32+,33-,35+,36-,37+,38+,42-/m0/s1. The minimum absolute atomic E-state index is 0.108. The number of hydrogen-bond acceptors (Lipinski definition) is 8. The Morgan fingerprint density at radius 1 is 1.07 bits per heavy atom. The highest BCUT2D eigenvalue weighted by Gasteiger charge is 2.77. The fraction of sp³-hybridized carbons (Fsp3) is 0.524. The molecule has 5 rings (SSSR count). The third-order valence-corrected chi connectivity index (χ3v) is 12.3. The minimum atomic E-state index is -1.35. The molecule has 12 heteroatoms. The summed E-state index contributed by atoms with van der Waals surface area (Å²) in [7, 11) is 0. The van der Waals surface area contributed by atoms with Crippen molar-refractivity contribution in [3.8, 4) is 0 Å². The number of esters is 1. The highest BCUT2D eigenvalue weighted by Crippen LogP contribution is 2.61. The average molecular weight is 808 g/mol. The summed E-state index contributed by atoms with van der Waals surface area (Å²) in [5.41, 5.74) is 1.04. The van der Waals surface area contributed by atoms with Crippen molar-refractivity contribution in [1.29, 1.82) is 0 Å². The Hall–Kier alpha value is -4.00. The number of nitrogens with zero attached hydrogens (tertiary/aromatic N) is 3. The van der Waals surface area contributed by atoms with E-state index in [-0.39, 0.29) is 42.8 Å². The van der Waals surface area contributed by atoms with Crippen molar-refractivity contribution >= 4 is 51.0 Å². The van der Waals surface area contributed by atoms with Gasteiger partial charge in [-0.1, -0.05) is 78.7 Å². The molecule has 2 aromatic rings. The number of aliphatic hydroxyl groups is 1. The Bertz CT molecular complexity index is 1650. The maximum absolute atomic E-state index is 15.2. The first-order chi connectivity index (χ1) is 26.0. The lowest BCUT2D eigenvalue weighted by Gasteiger charge is -2.41. The highest BCUT2D eigenvalue weighted by molar-refractivity contribution is 9.09. The number of carbonyl (C=O) groups excluding carboxylic acids is 4. The van der Waals surface area contributed by atoms with Gasteiger partial charge in [-0.15, -0.1) is 13.2 Å². The topological polar surface area (TPSA) is 129 Å². The van der Waals surface area contributed by atoms with Gasteiger partial charge in [-0.25, -0.2) is 0 Å². The smallest absolute Gasteiger partial charge is 0.306 e. The number of amides is 3. The van der Waals surface area contributed by atoms with E-state index in [2.05, 4.69) is 53.2 Å². The Morgan fingerprint density at radius 2 is 1.74 bits per heavy atom. The summed E-state index contributed by atoms with van der Waals surface area (Å²) in [5.74, 6) is -3.72. The lowest BCUT2D eigenvalue weighted by Crippen LogP contribution is -2.60. The maximum atomic E-state index is 15.2. The van der Waals surface area contributed by atoms with Gasteiger partial charge in [-0.2, -0.15) is 0 Å². The summed E-state index contributed by atoms with van der Waals surface area (Å²) in [5, 5.41) is 13.9. The molecular weight excluding hydrogens is 752 g/mol. The minimum Gasteiger partial charge on any atom is -0.463 e. The number of benzene rings is 2. The van der Waals surface area contributed by atoms with Gasteiger partial charge in [-0.05, 0) is 62.4 Å². The summed E-state index contributed by atoms with van der Waals surface area (Å²) in [6.07, 6.45) is 4.18. The Kier molecular flexibility index (Phi) is 13.8. The Morgan fingerprint density at radius 3 is 2.33 bits per heavy atom. The maximum Gasteiger partial charge on any atom is 0.306 e. The van der Waals surface area contributed by atoms with Crippen LogP contribution < -0.4 is 15.1 Å². The van der Waals surface area contributed by atoms with Gasteiger partial charge < -0.3 is 34.6 Å². The fourth-order valence-corrected chi connectivity index (χ4v) is 9.44. The molecule has 3 amide bonds. The summed E-state index contributed by atoms with van der Waals surface area (Å²) < 4.78 is 12.4. The number of likely N-dealkylation sites (tertiary alicyclic amines) is 1. The van der Waals surface area contributed by atoms with Crippen molar-refractivity contribution in [3.05, 3.63) is 85.5 Å². The van der Waals surface area contributed by atoms with Gasteiger partial charge >= 0.3 is 5.97 Å². The zero-order valence-corrected chi connectivity index (χ0v) is 33.5. The van der Waals surface area contributed by atoms with E-state index >= 15 is 4.79 Å². The molecule has 54 heavy (non-hydrogen) atoms. The fourth-order valence-electron chi connectivity index (χ4n) is 8.49. The van der Waals surface area contributed by atoms with Crippen molar-refractivity contribution in [1.82, 2.24) is 10.2 Å². The zero-order valence-electron chi connectivity index (χ0n) is 31.9. The van der Waals surface area contributed by atoms with E-state index in [9.17, 15) is 19.5 Å². The summed E-state index contributed by atoms with van der Waals surface area (Å²) in [4.78, 5) is 62.2. The van der Waals surface area contributed by atoms with Crippen LogP contribution >= 0.6 is 15.9 Å². The molecular formula is C42H55BrN4O7. The molecule has 9 atom stereocenters. The van der Waals surface area contributed by atoms with E-state index in [0.29, 0.717) is 24.9 Å². The number of aliphatic hydroxyl groups excluding tert-OH is 1. The molecule has 2 N–H and O–H groups in total. The number of fused-ring (bicyclic) bond motifs is 1. The number of nitrogens with one attached hydrogen (secondary N) is 1. The van der Waals surface area contributed by atoms with Gasteiger partial charge in [0.1, 0.15) is 18.2 Å². The molecule has 11 nitrogen and oxygen atoms in total. The second-order valence-electron chi connectivity index (χ2n) is 14.5. The number of allylic oxidation sites excluding steroid dienone is 1. The van der Waals surface area contributed by atoms with Gasteiger partial charge in [0, 0.05) is 42.3 Å². The van der Waals surface area contributed by atoms with Crippen molar-refractivity contribution in [2.45, 2.75) is 88.0 Å². The van der Waals surface area contributed by atoms with Crippen molar-refractivity contribution in [3.63, 3.8) is 0 Å². The largest absolute Gasteiger partial charge is 0.463 e. The van der Waals surface area contributed by atoms with Crippen LogP contribution in [0.15, 0.2) is 79.9 Å². The molecule has 2 aromatic carbocycles. The monoisotopic (exact) mass is 806 g/mol. The molecule has 3 aliphatic heterocycles. The van der Waals surface area contributed by atoms with E-state index in [4.69, 9.17) is 9.47 Å². The van der Waals surface area contributed by atoms with Crippen LogP contribution in [0.25, 0.3) is 0 Å². The Labute approximate surface area is 327 Å². The molecule has 0 radical (unpaired) electrons. The van der Waals surface area contributed by atoms with Crippen molar-refractivity contribution < 1.29 is 33.8 Å². The van der Waals surface area contributed by atoms with E-state index < -0.39 is 59.5 Å². The number of ether oxygens (including phenoxy) is 2. The second-order valence-corrected chi connectivity index (χ2v) is 15.6. The van der Waals surface area contributed by atoms with Gasteiger partial charge in [0.25, 0.3) is 5.91 Å². The lowest BCUT2D eigenvalue weighted by atomic mass is 9.70. The first kappa shape index (κ1) is 41.2. The summed E-state index contributed by atoms with van der Waals surface area (Å²) >= 11 is 3.77. The first-order valence-electron chi connectivity index (χ1n) is 19.2. The highest BCUT2D eigenvalue weighted by atomic mass is 79.9. The van der Waals surface area contributed by atoms with Crippen LogP contribution in [0, 0.1) is 17.8 Å². The third-order valence-electron chi connectivity index (χ3n) is 11.5.